The van der Waals surface area contributed by atoms with Crippen molar-refractivity contribution in [1.82, 2.24) is 0 Å². The number of Topliss-reactive ketones (excluding diaryl/α,β-unsaturated/α-hetero) is 1. The molecule has 80 valence electrons. The molecule has 1 unspecified atom stereocenters. The molecule has 0 aromatic heterocycles. The summed E-state index contributed by atoms with van der Waals surface area (Å²) in [4.78, 5) is 22.5. The summed E-state index contributed by atoms with van der Waals surface area (Å²) in [6, 6.07) is 9.38. The Bertz CT molecular complexity index is 343. The van der Waals surface area contributed by atoms with Gasteiger partial charge in [0.15, 0.2) is 5.78 Å². The number of rotatable bonds is 4. The number of carbonyl (C=O) groups excluding carboxylic acids is 2. The molecule has 0 N–H and O–H groups in total. The fraction of sp³-hybridized carbons (Fsp3) is 0.333. The Morgan fingerprint density at radius 2 is 1.87 bits per heavy atom. The number of ketones is 1. The Morgan fingerprint density at radius 1 is 1.27 bits per heavy atom. The zero-order valence-corrected chi connectivity index (χ0v) is 8.90. The molecule has 0 heterocycles. The van der Waals surface area contributed by atoms with Crippen LogP contribution in [0.5, 0.6) is 0 Å². The van der Waals surface area contributed by atoms with Crippen molar-refractivity contribution in [2.45, 2.75) is 19.3 Å². The molecule has 3 nitrogen and oxygen atoms in total. The van der Waals surface area contributed by atoms with Gasteiger partial charge in [-0.05, 0) is 5.56 Å². The average molecular weight is 206 g/mol. The maximum Gasteiger partial charge on any atom is 0.313 e. The molecule has 0 aliphatic carbocycles. The third kappa shape index (κ3) is 3.20. The Morgan fingerprint density at radius 3 is 2.40 bits per heavy atom. The van der Waals surface area contributed by atoms with Crippen molar-refractivity contribution in [3.63, 3.8) is 0 Å². The summed E-state index contributed by atoms with van der Waals surface area (Å²) >= 11 is 0. The third-order valence-corrected chi connectivity index (χ3v) is 2.33. The van der Waals surface area contributed by atoms with Gasteiger partial charge in [0.1, 0.15) is 6.42 Å². The Kier molecular flexibility index (Phi) is 4.03. The fourth-order valence-electron chi connectivity index (χ4n) is 1.30. The van der Waals surface area contributed by atoms with Crippen molar-refractivity contribution in [1.29, 1.82) is 0 Å². The quantitative estimate of drug-likeness (QED) is 0.558. The van der Waals surface area contributed by atoms with Crippen LogP contribution < -0.4 is 0 Å². The van der Waals surface area contributed by atoms with E-state index in [-0.39, 0.29) is 18.1 Å². The van der Waals surface area contributed by atoms with Gasteiger partial charge in [0.25, 0.3) is 0 Å². The van der Waals surface area contributed by atoms with Gasteiger partial charge in [0.05, 0.1) is 7.11 Å². The monoisotopic (exact) mass is 206 g/mol. The fourth-order valence-corrected chi connectivity index (χ4v) is 1.30. The minimum Gasteiger partial charge on any atom is -0.469 e. The topological polar surface area (TPSA) is 43.4 Å². The Balaban J connectivity index is 2.65. The predicted molar refractivity (Wildman–Crippen MR) is 56.5 cm³/mol. The summed E-state index contributed by atoms with van der Waals surface area (Å²) in [5, 5.41) is 0. The number of carbonyl (C=O) groups is 2. The minimum atomic E-state index is -0.484. The van der Waals surface area contributed by atoms with E-state index in [1.807, 2.05) is 30.3 Å². The highest BCUT2D eigenvalue weighted by molar-refractivity contribution is 5.98. The molecule has 0 fully saturated rings. The molecule has 0 bridgehead atoms. The number of esters is 1. The molecule has 1 atom stereocenters. The van der Waals surface area contributed by atoms with Gasteiger partial charge in [-0.1, -0.05) is 37.3 Å². The van der Waals surface area contributed by atoms with E-state index in [9.17, 15) is 9.59 Å². The highest BCUT2D eigenvalue weighted by Crippen LogP contribution is 2.17. The summed E-state index contributed by atoms with van der Waals surface area (Å²) in [7, 11) is 1.28. The van der Waals surface area contributed by atoms with Gasteiger partial charge in [0, 0.05) is 5.92 Å². The molecule has 0 spiro atoms. The van der Waals surface area contributed by atoms with E-state index in [4.69, 9.17) is 0 Å². The molecule has 0 radical (unpaired) electrons. The first-order valence-electron chi connectivity index (χ1n) is 4.79. The van der Waals surface area contributed by atoms with Crippen LogP contribution in [0.15, 0.2) is 30.3 Å². The highest BCUT2D eigenvalue weighted by Gasteiger charge is 2.18. The van der Waals surface area contributed by atoms with Gasteiger partial charge in [-0.3, -0.25) is 9.59 Å². The van der Waals surface area contributed by atoms with Crippen molar-refractivity contribution in [2.75, 3.05) is 7.11 Å². The van der Waals surface area contributed by atoms with Crippen LogP contribution >= 0.6 is 0 Å². The van der Waals surface area contributed by atoms with Crippen LogP contribution in [0.4, 0.5) is 0 Å². The standard InChI is InChI=1S/C12H14O3/c1-9(10-6-4-3-5-7-10)11(13)8-12(14)15-2/h3-7,9H,8H2,1-2H3. The average Bonchev–Trinajstić information content (AvgIpc) is 2.29. The first-order valence-corrected chi connectivity index (χ1v) is 4.79. The lowest BCUT2D eigenvalue weighted by atomic mass is 9.95. The lowest BCUT2D eigenvalue weighted by molar-refractivity contribution is -0.143. The van der Waals surface area contributed by atoms with Crippen LogP contribution in [-0.4, -0.2) is 18.9 Å². The number of ether oxygens (including phenoxy) is 1. The number of hydrogen-bond acceptors (Lipinski definition) is 3. The maximum absolute atomic E-state index is 11.6. The summed E-state index contributed by atoms with van der Waals surface area (Å²) in [5.41, 5.74) is 0.923. The second kappa shape index (κ2) is 5.29. The predicted octanol–water partition coefficient (Wildman–Crippen LogP) is 1.92. The molecule has 0 aliphatic heterocycles. The van der Waals surface area contributed by atoms with Crippen molar-refractivity contribution in [2.24, 2.45) is 0 Å². The zero-order chi connectivity index (χ0) is 11.3. The van der Waals surface area contributed by atoms with Crippen molar-refractivity contribution in [3.05, 3.63) is 35.9 Å². The molecule has 1 aromatic carbocycles. The van der Waals surface area contributed by atoms with Gasteiger partial charge >= 0.3 is 5.97 Å². The third-order valence-electron chi connectivity index (χ3n) is 2.33. The van der Waals surface area contributed by atoms with E-state index in [0.717, 1.165) is 5.56 Å². The molecule has 0 saturated carbocycles. The molecule has 15 heavy (non-hydrogen) atoms. The van der Waals surface area contributed by atoms with Crippen LogP contribution in [-0.2, 0) is 14.3 Å². The first-order chi connectivity index (χ1) is 7.15. The van der Waals surface area contributed by atoms with Crippen LogP contribution in [0.2, 0.25) is 0 Å². The number of methoxy groups -OCH3 is 1. The molecular formula is C12H14O3. The van der Waals surface area contributed by atoms with E-state index in [1.54, 1.807) is 6.92 Å². The Hall–Kier alpha value is -1.64. The summed E-state index contributed by atoms with van der Waals surface area (Å²) in [5.74, 6) is -0.860. The zero-order valence-electron chi connectivity index (χ0n) is 8.90. The molecule has 0 amide bonds. The smallest absolute Gasteiger partial charge is 0.313 e. The van der Waals surface area contributed by atoms with Crippen LogP contribution in [0.1, 0.15) is 24.8 Å². The summed E-state index contributed by atoms with van der Waals surface area (Å²) in [6.45, 7) is 1.79. The Labute approximate surface area is 89.1 Å². The van der Waals surface area contributed by atoms with E-state index in [0.29, 0.717) is 0 Å². The van der Waals surface area contributed by atoms with E-state index >= 15 is 0 Å². The molecule has 3 heteroatoms. The number of hydrogen-bond donors (Lipinski definition) is 0. The van der Waals surface area contributed by atoms with Crippen LogP contribution in [0.3, 0.4) is 0 Å². The lowest BCUT2D eigenvalue weighted by Gasteiger charge is -2.09. The van der Waals surface area contributed by atoms with Gasteiger partial charge in [-0.2, -0.15) is 0 Å². The summed E-state index contributed by atoms with van der Waals surface area (Å²) in [6.07, 6.45) is -0.160. The van der Waals surface area contributed by atoms with E-state index < -0.39 is 5.97 Å². The van der Waals surface area contributed by atoms with Crippen LogP contribution in [0, 0.1) is 0 Å². The molecule has 0 saturated heterocycles. The molecule has 0 aliphatic rings. The lowest BCUT2D eigenvalue weighted by Crippen LogP contribution is -2.15. The normalized spacial score (nSPS) is 11.9. The summed E-state index contributed by atoms with van der Waals surface area (Å²) < 4.78 is 4.45. The first kappa shape index (κ1) is 11.4. The second-order valence-corrected chi connectivity index (χ2v) is 3.35. The largest absolute Gasteiger partial charge is 0.469 e. The number of benzene rings is 1. The van der Waals surface area contributed by atoms with Gasteiger partial charge < -0.3 is 4.74 Å². The second-order valence-electron chi connectivity index (χ2n) is 3.35. The molecule has 1 aromatic rings. The van der Waals surface area contributed by atoms with Crippen molar-refractivity contribution in [3.8, 4) is 0 Å². The van der Waals surface area contributed by atoms with Gasteiger partial charge in [-0.15, -0.1) is 0 Å². The van der Waals surface area contributed by atoms with Crippen molar-refractivity contribution >= 4 is 11.8 Å². The minimum absolute atomic E-state index is 0.118. The maximum atomic E-state index is 11.6. The highest BCUT2D eigenvalue weighted by atomic mass is 16.5. The van der Waals surface area contributed by atoms with Crippen LogP contribution in [0.25, 0.3) is 0 Å². The van der Waals surface area contributed by atoms with Gasteiger partial charge in [0.2, 0.25) is 0 Å². The molecular weight excluding hydrogens is 192 g/mol. The van der Waals surface area contributed by atoms with E-state index in [1.165, 1.54) is 7.11 Å². The van der Waals surface area contributed by atoms with E-state index in [2.05, 4.69) is 4.74 Å². The SMILES string of the molecule is COC(=O)CC(=O)C(C)c1ccccc1. The molecule has 1 rings (SSSR count). The van der Waals surface area contributed by atoms with Crippen molar-refractivity contribution < 1.29 is 14.3 Å². The van der Waals surface area contributed by atoms with Gasteiger partial charge in [-0.25, -0.2) is 0 Å².